The number of thiophene rings is 1. The summed E-state index contributed by atoms with van der Waals surface area (Å²) >= 11 is 1.45. The van der Waals surface area contributed by atoms with Crippen LogP contribution < -0.4 is 5.73 Å². The largest absolute Gasteiger partial charge is 0.385 e. The smallest absolute Gasteiger partial charge is 0.231 e. The van der Waals surface area contributed by atoms with E-state index in [4.69, 9.17) is 15.7 Å². The highest BCUT2D eigenvalue weighted by Gasteiger charge is 2.41. The van der Waals surface area contributed by atoms with E-state index in [-0.39, 0.29) is 23.9 Å². The van der Waals surface area contributed by atoms with Gasteiger partial charge in [0.1, 0.15) is 17.4 Å². The zero-order chi connectivity index (χ0) is 19.6. The molecule has 0 saturated heterocycles. The Morgan fingerprint density at radius 2 is 2.22 bits per heavy atom. The summed E-state index contributed by atoms with van der Waals surface area (Å²) in [5.74, 6) is -0.485. The van der Waals surface area contributed by atoms with Crippen molar-refractivity contribution in [2.45, 2.75) is 18.4 Å². The molecule has 1 aromatic carbocycles. The van der Waals surface area contributed by atoms with E-state index in [9.17, 15) is 9.18 Å². The van der Waals surface area contributed by atoms with Crippen LogP contribution in [0.1, 0.15) is 23.3 Å². The lowest BCUT2D eigenvalue weighted by Crippen LogP contribution is -2.48. The quantitative estimate of drug-likeness (QED) is 0.855. The van der Waals surface area contributed by atoms with E-state index in [2.05, 4.69) is 4.99 Å². The molecule has 27 heavy (non-hydrogen) atoms. The van der Waals surface area contributed by atoms with Crippen molar-refractivity contribution in [3.63, 3.8) is 0 Å². The van der Waals surface area contributed by atoms with Crippen molar-refractivity contribution >= 4 is 23.2 Å². The number of halogens is 1. The number of hydrogen-bond donors (Lipinski definition) is 1. The number of ether oxygens (including phenoxy) is 1. The number of amides is 1. The Balaban J connectivity index is 2.04. The van der Waals surface area contributed by atoms with Crippen LogP contribution in [0.4, 0.5) is 4.39 Å². The minimum absolute atomic E-state index is 0.00622. The van der Waals surface area contributed by atoms with E-state index in [0.717, 1.165) is 15.3 Å². The zero-order valence-corrected chi connectivity index (χ0v) is 15.8. The van der Waals surface area contributed by atoms with Crippen molar-refractivity contribution in [1.82, 2.24) is 4.90 Å². The molecule has 0 unspecified atom stereocenters. The van der Waals surface area contributed by atoms with Gasteiger partial charge in [0.2, 0.25) is 5.91 Å². The van der Waals surface area contributed by atoms with Gasteiger partial charge in [-0.3, -0.25) is 9.69 Å². The fourth-order valence-electron chi connectivity index (χ4n) is 3.02. The first-order chi connectivity index (χ1) is 12.9. The Kier molecular flexibility index (Phi) is 5.26. The molecule has 0 spiro atoms. The Labute approximate surface area is 160 Å². The molecule has 0 saturated carbocycles. The number of hydrogen-bond acceptors (Lipinski definition) is 6. The number of nitrogens with two attached hydrogens (primary N) is 1. The van der Waals surface area contributed by atoms with Gasteiger partial charge in [-0.25, -0.2) is 9.38 Å². The Morgan fingerprint density at radius 3 is 2.89 bits per heavy atom. The van der Waals surface area contributed by atoms with E-state index >= 15 is 0 Å². The van der Waals surface area contributed by atoms with Gasteiger partial charge in [0, 0.05) is 36.9 Å². The molecule has 0 aliphatic carbocycles. The van der Waals surface area contributed by atoms with Crippen LogP contribution in [0.25, 0.3) is 10.4 Å². The van der Waals surface area contributed by atoms with Crippen molar-refractivity contribution in [2.75, 3.05) is 20.8 Å². The van der Waals surface area contributed by atoms with Crippen LogP contribution >= 0.6 is 11.3 Å². The first-order valence-electron chi connectivity index (χ1n) is 8.31. The summed E-state index contributed by atoms with van der Waals surface area (Å²) in [5, 5.41) is 9.05. The molecule has 1 aliphatic rings. The van der Waals surface area contributed by atoms with E-state index < -0.39 is 11.4 Å². The fraction of sp³-hybridized carbons (Fsp3) is 0.316. The van der Waals surface area contributed by atoms with Gasteiger partial charge >= 0.3 is 0 Å². The third-order valence-electron chi connectivity index (χ3n) is 4.65. The number of aliphatic imine (C=N–C) groups is 1. The molecule has 2 aromatic rings. The van der Waals surface area contributed by atoms with Gasteiger partial charge in [-0.2, -0.15) is 5.26 Å². The molecule has 6 nitrogen and oxygen atoms in total. The van der Waals surface area contributed by atoms with Crippen LogP contribution in [0.3, 0.4) is 0 Å². The number of methoxy groups -OCH3 is 1. The van der Waals surface area contributed by atoms with Gasteiger partial charge in [0.25, 0.3) is 0 Å². The summed E-state index contributed by atoms with van der Waals surface area (Å²) in [4.78, 5) is 20.1. The van der Waals surface area contributed by atoms with Crippen molar-refractivity contribution in [1.29, 1.82) is 5.26 Å². The van der Waals surface area contributed by atoms with Crippen molar-refractivity contribution in [3.8, 4) is 16.5 Å². The molecule has 1 aliphatic heterocycles. The van der Waals surface area contributed by atoms with E-state index in [1.807, 2.05) is 18.2 Å². The standard InChI is InChI=1S/C19H19FN4O2S/c1-24-17(25)10-19(7-8-26-2,23-18(24)22)16-6-5-15(27-16)12-3-4-14(20)13(9-12)11-21/h3-6,9H,7-8,10H2,1-2H3,(H2,22,23)/t19-/m0/s1. The van der Waals surface area contributed by atoms with Crippen LogP contribution in [0.15, 0.2) is 35.3 Å². The second-order valence-electron chi connectivity index (χ2n) is 6.34. The number of nitrogens with zero attached hydrogens (tertiary/aromatic N) is 3. The topological polar surface area (TPSA) is 91.7 Å². The number of benzene rings is 1. The second-order valence-corrected chi connectivity index (χ2v) is 7.43. The minimum Gasteiger partial charge on any atom is -0.385 e. The van der Waals surface area contributed by atoms with Gasteiger partial charge in [-0.05, 0) is 29.8 Å². The zero-order valence-electron chi connectivity index (χ0n) is 15.0. The summed E-state index contributed by atoms with van der Waals surface area (Å²) in [6.07, 6.45) is 0.705. The maximum atomic E-state index is 13.6. The molecule has 1 amide bonds. The highest BCUT2D eigenvalue weighted by atomic mass is 32.1. The Morgan fingerprint density at radius 1 is 1.44 bits per heavy atom. The average Bonchev–Trinajstić information content (AvgIpc) is 3.15. The predicted molar refractivity (Wildman–Crippen MR) is 102 cm³/mol. The third-order valence-corrected chi connectivity index (χ3v) is 5.97. The van der Waals surface area contributed by atoms with Crippen molar-refractivity contribution in [3.05, 3.63) is 46.6 Å². The number of nitriles is 1. The van der Waals surface area contributed by atoms with Crippen LogP contribution in [0, 0.1) is 17.1 Å². The van der Waals surface area contributed by atoms with Crippen LogP contribution in [0.5, 0.6) is 0 Å². The van der Waals surface area contributed by atoms with Gasteiger partial charge in [0.05, 0.1) is 12.0 Å². The average molecular weight is 386 g/mol. The highest BCUT2D eigenvalue weighted by Crippen LogP contribution is 2.42. The first kappa shape index (κ1) is 19.0. The lowest BCUT2D eigenvalue weighted by molar-refractivity contribution is -0.128. The highest BCUT2D eigenvalue weighted by molar-refractivity contribution is 7.15. The number of guanidine groups is 1. The minimum atomic E-state index is -0.787. The molecule has 1 aromatic heterocycles. The summed E-state index contributed by atoms with van der Waals surface area (Å²) < 4.78 is 18.8. The number of rotatable bonds is 5. The van der Waals surface area contributed by atoms with Gasteiger partial charge in [0.15, 0.2) is 5.96 Å². The molecule has 2 N–H and O–H groups in total. The maximum absolute atomic E-state index is 13.6. The van der Waals surface area contributed by atoms with Gasteiger partial charge in [-0.1, -0.05) is 6.07 Å². The lowest BCUT2D eigenvalue weighted by Gasteiger charge is -2.35. The number of carbonyl (C=O) groups is 1. The summed E-state index contributed by atoms with van der Waals surface area (Å²) in [5.41, 5.74) is 5.91. The van der Waals surface area contributed by atoms with Gasteiger partial charge < -0.3 is 10.5 Å². The molecule has 1 atom stereocenters. The number of carbonyl (C=O) groups excluding carboxylic acids is 1. The summed E-state index contributed by atoms with van der Waals surface area (Å²) in [7, 11) is 3.20. The SMILES string of the molecule is COCC[C@@]1(c2ccc(-c3ccc(F)c(C#N)c3)s2)CC(=O)N(C)C(N)=N1. The van der Waals surface area contributed by atoms with E-state index in [1.54, 1.807) is 20.2 Å². The Hall–Kier alpha value is -2.76. The molecular formula is C19H19FN4O2S. The van der Waals surface area contributed by atoms with Crippen LogP contribution in [-0.2, 0) is 15.1 Å². The molecular weight excluding hydrogens is 367 g/mol. The van der Waals surface area contributed by atoms with Crippen molar-refractivity contribution in [2.24, 2.45) is 10.7 Å². The van der Waals surface area contributed by atoms with Crippen molar-refractivity contribution < 1.29 is 13.9 Å². The fourth-order valence-corrected chi connectivity index (χ4v) is 4.18. The maximum Gasteiger partial charge on any atom is 0.231 e. The van der Waals surface area contributed by atoms with Crippen LogP contribution in [0.2, 0.25) is 0 Å². The normalized spacial score (nSPS) is 19.7. The molecule has 140 valence electrons. The summed E-state index contributed by atoms with van der Waals surface area (Å²) in [6, 6.07) is 10.1. The molecule has 0 fully saturated rings. The summed E-state index contributed by atoms with van der Waals surface area (Å²) in [6.45, 7) is 0.427. The first-order valence-corrected chi connectivity index (χ1v) is 9.13. The molecule has 3 rings (SSSR count). The second kappa shape index (κ2) is 7.47. The molecule has 0 bridgehead atoms. The van der Waals surface area contributed by atoms with Crippen LogP contribution in [-0.4, -0.2) is 37.5 Å². The van der Waals surface area contributed by atoms with E-state index in [0.29, 0.717) is 13.0 Å². The predicted octanol–water partition coefficient (Wildman–Crippen LogP) is 2.83. The third kappa shape index (κ3) is 3.56. The molecule has 2 heterocycles. The lowest BCUT2D eigenvalue weighted by atomic mass is 9.88. The van der Waals surface area contributed by atoms with Gasteiger partial charge in [-0.15, -0.1) is 11.3 Å². The van der Waals surface area contributed by atoms with E-state index in [1.165, 1.54) is 28.4 Å². The monoisotopic (exact) mass is 386 g/mol. The Bertz CT molecular complexity index is 949. The molecule has 8 heteroatoms. The molecule has 0 radical (unpaired) electrons.